The second-order valence-electron chi connectivity index (χ2n) is 5.32. The van der Waals surface area contributed by atoms with Gasteiger partial charge in [-0.05, 0) is 31.9 Å². The molecule has 0 saturated heterocycles. The zero-order chi connectivity index (χ0) is 14.5. The van der Waals surface area contributed by atoms with Gasteiger partial charge in [-0.3, -0.25) is 9.00 Å². The first-order valence-electron chi connectivity index (χ1n) is 7.15. The number of benzene rings is 1. The Morgan fingerprint density at radius 1 is 1.30 bits per heavy atom. The van der Waals surface area contributed by atoms with Crippen LogP contribution < -0.4 is 11.1 Å². The Labute approximate surface area is 122 Å². The summed E-state index contributed by atoms with van der Waals surface area (Å²) in [5.41, 5.74) is 6.29. The first kappa shape index (κ1) is 15.0. The van der Waals surface area contributed by atoms with Crippen LogP contribution in [0.1, 0.15) is 39.0 Å². The first-order chi connectivity index (χ1) is 9.59. The lowest BCUT2D eigenvalue weighted by Gasteiger charge is -2.24. The van der Waals surface area contributed by atoms with Gasteiger partial charge in [0.2, 0.25) is 5.91 Å². The van der Waals surface area contributed by atoms with E-state index in [1.54, 1.807) is 31.2 Å². The number of rotatable bonds is 4. The summed E-state index contributed by atoms with van der Waals surface area (Å²) in [6, 6.07) is 7.25. The van der Waals surface area contributed by atoms with E-state index in [-0.39, 0.29) is 11.9 Å². The largest absolute Gasteiger partial charge is 0.398 e. The van der Waals surface area contributed by atoms with Crippen LogP contribution in [0.4, 0.5) is 5.69 Å². The zero-order valence-corrected chi connectivity index (χ0v) is 12.6. The van der Waals surface area contributed by atoms with Crippen molar-refractivity contribution >= 4 is 22.4 Å². The fraction of sp³-hybridized carbons (Fsp3) is 0.533. The maximum Gasteiger partial charge on any atom is 0.236 e. The predicted molar refractivity (Wildman–Crippen MR) is 81.7 cm³/mol. The standard InChI is InChI=1S/C15H22N2O2S/c1-11(15(18)17-12-7-3-2-4-8-12)20(19)14-10-6-5-9-13(14)16/h5-6,9-12H,2-4,7-8,16H2,1H3,(H,17,18). The molecule has 5 heteroatoms. The fourth-order valence-corrected chi connectivity index (χ4v) is 3.67. The van der Waals surface area contributed by atoms with Crippen molar-refractivity contribution in [1.29, 1.82) is 0 Å². The Hall–Kier alpha value is -1.36. The average Bonchev–Trinajstić information content (AvgIpc) is 2.47. The van der Waals surface area contributed by atoms with Gasteiger partial charge in [-0.2, -0.15) is 0 Å². The number of carbonyl (C=O) groups is 1. The van der Waals surface area contributed by atoms with E-state index < -0.39 is 16.0 Å². The van der Waals surface area contributed by atoms with Crippen LogP contribution in [0.2, 0.25) is 0 Å². The molecule has 0 bridgehead atoms. The molecule has 4 nitrogen and oxygen atoms in total. The van der Waals surface area contributed by atoms with E-state index in [2.05, 4.69) is 5.32 Å². The lowest BCUT2D eigenvalue weighted by atomic mass is 9.95. The summed E-state index contributed by atoms with van der Waals surface area (Å²) < 4.78 is 12.4. The molecule has 1 aromatic carbocycles. The molecule has 1 amide bonds. The van der Waals surface area contributed by atoms with Crippen LogP contribution in [-0.2, 0) is 15.6 Å². The van der Waals surface area contributed by atoms with E-state index >= 15 is 0 Å². The summed E-state index contributed by atoms with van der Waals surface area (Å²) in [5, 5.41) is 2.43. The third-order valence-electron chi connectivity index (χ3n) is 3.78. The van der Waals surface area contributed by atoms with Crippen molar-refractivity contribution in [3.8, 4) is 0 Å². The molecule has 1 aliphatic carbocycles. The lowest BCUT2D eigenvalue weighted by molar-refractivity contribution is -0.121. The van der Waals surface area contributed by atoms with E-state index in [4.69, 9.17) is 5.73 Å². The van der Waals surface area contributed by atoms with Crippen LogP contribution in [0.15, 0.2) is 29.2 Å². The molecule has 2 unspecified atom stereocenters. The number of anilines is 1. The van der Waals surface area contributed by atoms with Crippen molar-refractivity contribution in [3.63, 3.8) is 0 Å². The average molecular weight is 294 g/mol. The molecule has 1 aromatic rings. The van der Waals surface area contributed by atoms with Crippen LogP contribution in [-0.4, -0.2) is 21.4 Å². The van der Waals surface area contributed by atoms with E-state index in [1.807, 2.05) is 0 Å². The Morgan fingerprint density at radius 3 is 2.60 bits per heavy atom. The molecule has 0 radical (unpaired) electrons. The van der Waals surface area contributed by atoms with E-state index in [0.29, 0.717) is 10.6 Å². The molecular formula is C15H22N2O2S. The fourth-order valence-electron chi connectivity index (χ4n) is 2.52. The van der Waals surface area contributed by atoms with Gasteiger partial charge in [-0.25, -0.2) is 0 Å². The summed E-state index contributed by atoms with van der Waals surface area (Å²) in [4.78, 5) is 12.7. The molecular weight excluding hydrogens is 272 g/mol. The number of hydrogen-bond donors (Lipinski definition) is 2. The van der Waals surface area contributed by atoms with Crippen LogP contribution in [0.3, 0.4) is 0 Å². The van der Waals surface area contributed by atoms with Crippen molar-refractivity contribution in [2.75, 3.05) is 5.73 Å². The second-order valence-corrected chi connectivity index (χ2v) is 7.06. The van der Waals surface area contributed by atoms with E-state index in [1.165, 1.54) is 6.42 Å². The quantitative estimate of drug-likeness (QED) is 0.836. The Morgan fingerprint density at radius 2 is 1.95 bits per heavy atom. The van der Waals surface area contributed by atoms with E-state index in [9.17, 15) is 9.00 Å². The van der Waals surface area contributed by atoms with Crippen LogP contribution in [0, 0.1) is 0 Å². The number of nitrogen functional groups attached to an aromatic ring is 1. The van der Waals surface area contributed by atoms with Gasteiger partial charge in [0, 0.05) is 11.7 Å². The highest BCUT2D eigenvalue weighted by Gasteiger charge is 2.25. The van der Waals surface area contributed by atoms with Crippen LogP contribution in [0.25, 0.3) is 0 Å². The molecule has 20 heavy (non-hydrogen) atoms. The van der Waals surface area contributed by atoms with Gasteiger partial charge in [0.15, 0.2) is 0 Å². The molecule has 1 saturated carbocycles. The lowest BCUT2D eigenvalue weighted by Crippen LogP contribution is -2.42. The molecule has 0 heterocycles. The summed E-state index contributed by atoms with van der Waals surface area (Å²) in [6.07, 6.45) is 5.62. The van der Waals surface area contributed by atoms with Gasteiger partial charge in [0.05, 0.1) is 15.7 Å². The van der Waals surface area contributed by atoms with Crippen LogP contribution >= 0.6 is 0 Å². The van der Waals surface area contributed by atoms with Crippen molar-refractivity contribution in [1.82, 2.24) is 5.32 Å². The summed E-state index contributed by atoms with van der Waals surface area (Å²) in [7, 11) is -1.41. The van der Waals surface area contributed by atoms with Gasteiger partial charge in [0.25, 0.3) is 0 Å². The Kier molecular flexibility index (Phi) is 5.17. The molecule has 0 aromatic heterocycles. The van der Waals surface area contributed by atoms with Gasteiger partial charge in [0.1, 0.15) is 5.25 Å². The minimum atomic E-state index is -1.41. The number of nitrogens with one attached hydrogen (secondary N) is 1. The third kappa shape index (κ3) is 3.60. The number of nitrogens with two attached hydrogens (primary N) is 1. The topological polar surface area (TPSA) is 72.2 Å². The highest BCUT2D eigenvalue weighted by molar-refractivity contribution is 7.86. The summed E-state index contributed by atoms with van der Waals surface area (Å²) in [6.45, 7) is 1.70. The molecule has 1 fully saturated rings. The zero-order valence-electron chi connectivity index (χ0n) is 11.8. The minimum absolute atomic E-state index is 0.140. The maximum atomic E-state index is 12.4. The third-order valence-corrected chi connectivity index (χ3v) is 5.44. The molecule has 0 aliphatic heterocycles. The maximum absolute atomic E-state index is 12.4. The predicted octanol–water partition coefficient (Wildman–Crippen LogP) is 2.21. The monoisotopic (exact) mass is 294 g/mol. The molecule has 2 atom stereocenters. The van der Waals surface area contributed by atoms with Gasteiger partial charge in [-0.1, -0.05) is 31.4 Å². The molecule has 110 valence electrons. The van der Waals surface area contributed by atoms with Crippen molar-refractivity contribution in [2.24, 2.45) is 0 Å². The van der Waals surface area contributed by atoms with Crippen molar-refractivity contribution in [3.05, 3.63) is 24.3 Å². The van der Waals surface area contributed by atoms with Gasteiger partial charge in [-0.15, -0.1) is 0 Å². The van der Waals surface area contributed by atoms with Crippen molar-refractivity contribution in [2.45, 2.75) is 55.2 Å². The second kappa shape index (κ2) is 6.88. The van der Waals surface area contributed by atoms with E-state index in [0.717, 1.165) is 25.7 Å². The minimum Gasteiger partial charge on any atom is -0.398 e. The molecule has 3 N–H and O–H groups in total. The van der Waals surface area contributed by atoms with Gasteiger partial charge >= 0.3 is 0 Å². The van der Waals surface area contributed by atoms with Gasteiger partial charge < -0.3 is 11.1 Å². The SMILES string of the molecule is CC(C(=O)NC1CCCCC1)S(=O)c1ccccc1N. The highest BCUT2D eigenvalue weighted by Crippen LogP contribution is 2.20. The Bertz CT molecular complexity index is 498. The smallest absolute Gasteiger partial charge is 0.236 e. The highest BCUT2D eigenvalue weighted by atomic mass is 32.2. The molecule has 0 spiro atoms. The summed E-state index contributed by atoms with van der Waals surface area (Å²) >= 11 is 0. The Balaban J connectivity index is 1.99. The summed E-state index contributed by atoms with van der Waals surface area (Å²) in [5.74, 6) is -0.140. The number of amides is 1. The van der Waals surface area contributed by atoms with Crippen LogP contribution in [0.5, 0.6) is 0 Å². The molecule has 1 aliphatic rings. The number of hydrogen-bond acceptors (Lipinski definition) is 3. The number of carbonyl (C=O) groups excluding carboxylic acids is 1. The normalized spacial score (nSPS) is 19.2. The van der Waals surface area contributed by atoms with Crippen molar-refractivity contribution < 1.29 is 9.00 Å². The number of para-hydroxylation sites is 1. The molecule has 2 rings (SSSR count). The first-order valence-corrected chi connectivity index (χ1v) is 8.36.